The van der Waals surface area contributed by atoms with E-state index in [9.17, 15) is 0 Å². The molecule has 0 saturated carbocycles. The van der Waals surface area contributed by atoms with Gasteiger partial charge in [0.1, 0.15) is 0 Å². The highest BCUT2D eigenvalue weighted by molar-refractivity contribution is 6.33. The molecular formula is C4H7Cl2N3. The van der Waals surface area contributed by atoms with E-state index in [-0.39, 0.29) is 0 Å². The summed E-state index contributed by atoms with van der Waals surface area (Å²) < 4.78 is 1.04. The molecule has 0 unspecified atom stereocenters. The molecule has 52 valence electrons. The van der Waals surface area contributed by atoms with Crippen LogP contribution in [0.3, 0.4) is 0 Å². The maximum atomic E-state index is 6.39. The number of aliphatic imine (C=N–C) groups is 1. The Kier molecular flexibility index (Phi) is 5.99. The van der Waals surface area contributed by atoms with Gasteiger partial charge >= 0.3 is 0 Å². The Bertz CT molecular complexity index is 108. The van der Waals surface area contributed by atoms with Crippen molar-refractivity contribution in [2.45, 2.75) is 6.42 Å². The van der Waals surface area contributed by atoms with E-state index < -0.39 is 0 Å². The number of nitrogens with zero attached hydrogens (tertiary/aromatic N) is 2. The lowest BCUT2D eigenvalue weighted by Gasteiger charge is -1.98. The summed E-state index contributed by atoms with van der Waals surface area (Å²) in [5, 5.41) is 6.39. The molecule has 0 saturated heterocycles. The lowest BCUT2D eigenvalue weighted by atomic mass is 10.4. The summed E-state index contributed by atoms with van der Waals surface area (Å²) in [6, 6.07) is 1.91. The van der Waals surface area contributed by atoms with Crippen molar-refractivity contribution in [3.05, 3.63) is 0 Å². The summed E-state index contributed by atoms with van der Waals surface area (Å²) in [5.74, 6) is 0. The topological polar surface area (TPSA) is 39.5 Å². The molecule has 0 bridgehead atoms. The van der Waals surface area contributed by atoms with Crippen molar-refractivity contribution in [3.63, 3.8) is 0 Å². The fourth-order valence-corrected chi connectivity index (χ4v) is 0.564. The van der Waals surface area contributed by atoms with Crippen LogP contribution < -0.4 is 0 Å². The van der Waals surface area contributed by atoms with Gasteiger partial charge in [-0.05, 0) is 30.0 Å². The molecule has 0 aliphatic heterocycles. The molecule has 0 spiro atoms. The maximum absolute atomic E-state index is 6.39. The lowest BCUT2D eigenvalue weighted by molar-refractivity contribution is 0.655. The van der Waals surface area contributed by atoms with Gasteiger partial charge in [0.2, 0.25) is 0 Å². The van der Waals surface area contributed by atoms with Crippen LogP contribution in [0.2, 0.25) is 0 Å². The molecule has 0 aromatic rings. The first-order valence-corrected chi connectivity index (χ1v) is 3.12. The molecule has 0 heterocycles. The van der Waals surface area contributed by atoms with Crippen molar-refractivity contribution in [1.82, 2.24) is 3.94 Å². The van der Waals surface area contributed by atoms with Crippen LogP contribution in [0, 0.1) is 5.41 Å². The Morgan fingerprint density at radius 2 is 2.22 bits per heavy atom. The third-order valence-electron chi connectivity index (χ3n) is 0.676. The molecule has 0 aliphatic carbocycles. The summed E-state index contributed by atoms with van der Waals surface area (Å²) in [6.07, 6.45) is 0.749. The minimum atomic E-state index is 0.555. The molecule has 3 nitrogen and oxygen atoms in total. The van der Waals surface area contributed by atoms with Gasteiger partial charge in [0.15, 0.2) is 0 Å². The van der Waals surface area contributed by atoms with E-state index in [1.807, 2.05) is 6.01 Å². The highest BCUT2D eigenvalue weighted by Gasteiger charge is 1.91. The number of rotatable bonds is 4. The zero-order chi connectivity index (χ0) is 7.11. The van der Waals surface area contributed by atoms with E-state index in [1.54, 1.807) is 0 Å². The summed E-state index contributed by atoms with van der Waals surface area (Å²) in [6.45, 7) is 1.12. The largest absolute Gasteiger partial charge is 0.242 e. The molecule has 0 amide bonds. The van der Waals surface area contributed by atoms with Crippen LogP contribution in [-0.2, 0) is 0 Å². The van der Waals surface area contributed by atoms with Gasteiger partial charge in [0.05, 0.1) is 12.6 Å². The van der Waals surface area contributed by atoms with Crippen molar-refractivity contribution in [2.24, 2.45) is 4.99 Å². The smallest absolute Gasteiger partial charge is 0.0861 e. The normalized spacial score (nSPS) is 9.22. The van der Waals surface area contributed by atoms with Crippen molar-refractivity contribution >= 4 is 29.6 Å². The number of hydrogen-bond acceptors (Lipinski definition) is 3. The van der Waals surface area contributed by atoms with E-state index in [2.05, 4.69) is 4.99 Å². The van der Waals surface area contributed by atoms with Gasteiger partial charge in [-0.25, -0.2) is 10.4 Å². The monoisotopic (exact) mass is 167 g/mol. The van der Waals surface area contributed by atoms with Gasteiger partial charge in [-0.1, -0.05) is 0 Å². The Labute approximate surface area is 64.0 Å². The Hall–Kier alpha value is -0.0800. The Balaban J connectivity index is 3.00. The predicted octanol–water partition coefficient (Wildman–Crippen LogP) is 1.74. The Morgan fingerprint density at radius 1 is 1.56 bits per heavy atom. The molecule has 0 radical (unpaired) electrons. The van der Waals surface area contributed by atoms with Crippen molar-refractivity contribution in [2.75, 3.05) is 13.1 Å². The van der Waals surface area contributed by atoms with E-state index in [0.29, 0.717) is 13.1 Å². The van der Waals surface area contributed by atoms with E-state index in [1.165, 1.54) is 0 Å². The van der Waals surface area contributed by atoms with Crippen LogP contribution >= 0.6 is 23.6 Å². The molecule has 9 heavy (non-hydrogen) atoms. The van der Waals surface area contributed by atoms with Crippen LogP contribution in [0.25, 0.3) is 0 Å². The zero-order valence-electron chi connectivity index (χ0n) is 4.77. The number of halogens is 2. The summed E-state index contributed by atoms with van der Waals surface area (Å²) in [5.41, 5.74) is 0. The molecule has 0 aromatic heterocycles. The third-order valence-corrected chi connectivity index (χ3v) is 1.01. The van der Waals surface area contributed by atoms with Crippen molar-refractivity contribution < 1.29 is 0 Å². The zero-order valence-corrected chi connectivity index (χ0v) is 6.28. The standard InChI is InChI=1S/C4H7Cl2N3/c5-9(6)3-1-2-8-4-7/h7H,1-3H2. The van der Waals surface area contributed by atoms with Crippen LogP contribution in [0.4, 0.5) is 0 Å². The minimum absolute atomic E-state index is 0.555. The molecule has 1 N–H and O–H groups in total. The van der Waals surface area contributed by atoms with E-state index in [4.69, 9.17) is 29.0 Å². The number of nitrogens with one attached hydrogen (secondary N) is 1. The van der Waals surface area contributed by atoms with Gasteiger partial charge < -0.3 is 0 Å². The van der Waals surface area contributed by atoms with Crippen molar-refractivity contribution in [1.29, 1.82) is 5.41 Å². The van der Waals surface area contributed by atoms with Crippen LogP contribution in [0.5, 0.6) is 0 Å². The fourth-order valence-electron chi connectivity index (χ4n) is 0.325. The molecule has 5 heteroatoms. The van der Waals surface area contributed by atoms with E-state index >= 15 is 0 Å². The van der Waals surface area contributed by atoms with Gasteiger partial charge in [-0.2, -0.15) is 0 Å². The second-order valence-electron chi connectivity index (χ2n) is 1.37. The van der Waals surface area contributed by atoms with Gasteiger partial charge in [0.25, 0.3) is 0 Å². The first kappa shape index (κ1) is 8.92. The highest BCUT2D eigenvalue weighted by Crippen LogP contribution is 1.98. The van der Waals surface area contributed by atoms with Crippen molar-refractivity contribution in [3.8, 4) is 0 Å². The SMILES string of the molecule is N=C=NCCCN(Cl)Cl. The van der Waals surface area contributed by atoms with Crippen LogP contribution in [-0.4, -0.2) is 23.0 Å². The fraction of sp³-hybridized carbons (Fsp3) is 0.750. The van der Waals surface area contributed by atoms with Gasteiger partial charge in [0, 0.05) is 6.54 Å². The van der Waals surface area contributed by atoms with E-state index in [0.717, 1.165) is 10.4 Å². The maximum Gasteiger partial charge on any atom is 0.0861 e. The molecule has 0 aromatic carbocycles. The summed E-state index contributed by atoms with van der Waals surface area (Å²) in [4.78, 5) is 3.52. The van der Waals surface area contributed by atoms with Crippen LogP contribution in [0.1, 0.15) is 6.42 Å². The second-order valence-corrected chi connectivity index (χ2v) is 2.36. The average Bonchev–Trinajstić information content (AvgIpc) is 1.80. The lowest BCUT2D eigenvalue weighted by Crippen LogP contribution is -2.00. The first-order valence-electron chi connectivity index (χ1n) is 2.44. The molecular weight excluding hydrogens is 161 g/mol. The van der Waals surface area contributed by atoms with Gasteiger partial charge in [-0.3, -0.25) is 0 Å². The highest BCUT2D eigenvalue weighted by atomic mass is 35.5. The molecule has 0 fully saturated rings. The summed E-state index contributed by atoms with van der Waals surface area (Å²) >= 11 is 10.5. The third kappa shape index (κ3) is 7.92. The summed E-state index contributed by atoms with van der Waals surface area (Å²) in [7, 11) is 0. The predicted molar refractivity (Wildman–Crippen MR) is 38.1 cm³/mol. The second kappa shape index (κ2) is 6.05. The minimum Gasteiger partial charge on any atom is -0.242 e. The quantitative estimate of drug-likeness (QED) is 0.387. The molecule has 0 rings (SSSR count). The molecule has 0 aliphatic rings. The first-order chi connectivity index (χ1) is 4.27. The average molecular weight is 168 g/mol. The Morgan fingerprint density at radius 3 is 2.67 bits per heavy atom. The molecule has 0 atom stereocenters. The number of hydrogen-bond donors (Lipinski definition) is 1. The van der Waals surface area contributed by atoms with Gasteiger partial charge in [-0.15, -0.1) is 3.94 Å². The van der Waals surface area contributed by atoms with Crippen LogP contribution in [0.15, 0.2) is 4.99 Å².